The topological polar surface area (TPSA) is 64.0 Å². The van der Waals surface area contributed by atoms with Crippen LogP contribution in [0.15, 0.2) is 77.8 Å². The van der Waals surface area contributed by atoms with Crippen LogP contribution in [0.1, 0.15) is 5.69 Å². The lowest BCUT2D eigenvalue weighted by Gasteiger charge is -2.05. The lowest BCUT2D eigenvalue weighted by Crippen LogP contribution is -2.23. The molecule has 0 saturated heterocycles. The molecule has 5 nitrogen and oxygen atoms in total. The van der Waals surface area contributed by atoms with E-state index in [-0.39, 0.29) is 11.4 Å². The Morgan fingerprint density at radius 1 is 0.909 bits per heavy atom. The van der Waals surface area contributed by atoms with Gasteiger partial charge in [0.2, 0.25) is 10.0 Å². The fourth-order valence-corrected chi connectivity index (χ4v) is 3.05. The van der Waals surface area contributed by atoms with Crippen LogP contribution in [0.2, 0.25) is 0 Å². The summed E-state index contributed by atoms with van der Waals surface area (Å²) in [5.41, 5.74) is 1.59. The molecule has 0 fully saturated rings. The summed E-state index contributed by atoms with van der Waals surface area (Å²) in [6, 6.07) is 19.7. The minimum absolute atomic E-state index is 0.150. The normalized spacial score (nSPS) is 11.5. The summed E-state index contributed by atoms with van der Waals surface area (Å²) in [5.74, 6) is 0. The summed E-state index contributed by atoms with van der Waals surface area (Å²) in [6.07, 6.45) is 1.81. The van der Waals surface area contributed by atoms with Gasteiger partial charge in [-0.05, 0) is 30.3 Å². The third kappa shape index (κ3) is 3.24. The van der Waals surface area contributed by atoms with Gasteiger partial charge in [-0.2, -0.15) is 5.10 Å². The first kappa shape index (κ1) is 14.5. The number of aromatic nitrogens is 2. The Hall–Kier alpha value is -2.44. The second-order valence-electron chi connectivity index (χ2n) is 4.72. The third-order valence-electron chi connectivity index (χ3n) is 3.16. The molecule has 22 heavy (non-hydrogen) atoms. The molecule has 0 spiro atoms. The molecule has 1 heterocycles. The Balaban J connectivity index is 1.72. The summed E-state index contributed by atoms with van der Waals surface area (Å²) >= 11 is 0. The van der Waals surface area contributed by atoms with Gasteiger partial charge >= 0.3 is 0 Å². The standard InChI is InChI=1S/C16H15N3O2S/c20-22(21,16-9-5-2-6-10-16)17-13-14-11-12-19(18-14)15-7-3-1-4-8-15/h1-12,17H,13H2. The molecule has 2 aromatic carbocycles. The van der Waals surface area contributed by atoms with Gasteiger partial charge in [0.25, 0.3) is 0 Å². The molecule has 0 amide bonds. The maximum Gasteiger partial charge on any atom is 0.240 e. The Morgan fingerprint density at radius 2 is 1.55 bits per heavy atom. The van der Waals surface area contributed by atoms with Crippen LogP contribution >= 0.6 is 0 Å². The maximum absolute atomic E-state index is 12.1. The first-order valence-corrected chi connectivity index (χ1v) is 8.28. The monoisotopic (exact) mass is 313 g/mol. The Labute approximate surface area is 129 Å². The predicted octanol–water partition coefficient (Wildman–Crippen LogP) is 2.35. The second-order valence-corrected chi connectivity index (χ2v) is 6.49. The number of hydrogen-bond donors (Lipinski definition) is 1. The molecule has 0 bridgehead atoms. The minimum Gasteiger partial charge on any atom is -0.241 e. The Morgan fingerprint density at radius 3 is 2.23 bits per heavy atom. The number of nitrogens with zero attached hydrogens (tertiary/aromatic N) is 2. The van der Waals surface area contributed by atoms with E-state index in [1.165, 1.54) is 0 Å². The molecule has 0 aliphatic carbocycles. The number of rotatable bonds is 5. The zero-order valence-corrected chi connectivity index (χ0v) is 12.6. The quantitative estimate of drug-likeness (QED) is 0.786. The van der Waals surface area contributed by atoms with Crippen molar-refractivity contribution in [3.63, 3.8) is 0 Å². The number of hydrogen-bond acceptors (Lipinski definition) is 3. The average Bonchev–Trinajstić information content (AvgIpc) is 3.04. The third-order valence-corrected chi connectivity index (χ3v) is 4.58. The molecule has 0 unspecified atom stereocenters. The van der Waals surface area contributed by atoms with Crippen LogP contribution < -0.4 is 4.72 Å². The van der Waals surface area contributed by atoms with Crippen molar-refractivity contribution in [1.29, 1.82) is 0 Å². The first-order chi connectivity index (χ1) is 10.6. The van der Waals surface area contributed by atoms with E-state index in [0.717, 1.165) is 5.69 Å². The van der Waals surface area contributed by atoms with E-state index < -0.39 is 10.0 Å². The van der Waals surface area contributed by atoms with E-state index in [2.05, 4.69) is 9.82 Å². The van der Waals surface area contributed by atoms with E-state index in [0.29, 0.717) is 5.69 Å². The summed E-state index contributed by atoms with van der Waals surface area (Å²) in [5, 5.41) is 4.37. The highest BCUT2D eigenvalue weighted by Crippen LogP contribution is 2.10. The largest absolute Gasteiger partial charge is 0.241 e. The van der Waals surface area contributed by atoms with Crippen molar-refractivity contribution in [1.82, 2.24) is 14.5 Å². The van der Waals surface area contributed by atoms with E-state index in [4.69, 9.17) is 0 Å². The van der Waals surface area contributed by atoms with Crippen molar-refractivity contribution in [2.45, 2.75) is 11.4 Å². The van der Waals surface area contributed by atoms with Gasteiger partial charge < -0.3 is 0 Å². The number of para-hydroxylation sites is 1. The predicted molar refractivity (Wildman–Crippen MR) is 84.0 cm³/mol. The Kier molecular flexibility index (Phi) is 4.04. The van der Waals surface area contributed by atoms with Gasteiger partial charge in [-0.3, -0.25) is 0 Å². The van der Waals surface area contributed by atoms with Crippen LogP contribution in [0.5, 0.6) is 0 Å². The number of nitrogens with one attached hydrogen (secondary N) is 1. The number of benzene rings is 2. The van der Waals surface area contributed by atoms with Crippen molar-refractivity contribution >= 4 is 10.0 Å². The fourth-order valence-electron chi connectivity index (χ4n) is 2.03. The second kappa shape index (κ2) is 6.13. The molecule has 112 valence electrons. The van der Waals surface area contributed by atoms with Crippen LogP contribution in [0, 0.1) is 0 Å². The summed E-state index contributed by atoms with van der Waals surface area (Å²) in [4.78, 5) is 0.248. The molecule has 6 heteroatoms. The maximum atomic E-state index is 12.1. The minimum atomic E-state index is -3.51. The molecule has 3 rings (SSSR count). The van der Waals surface area contributed by atoms with E-state index in [1.54, 1.807) is 41.1 Å². The lowest BCUT2D eigenvalue weighted by molar-refractivity contribution is 0.580. The van der Waals surface area contributed by atoms with Gasteiger partial charge in [0.1, 0.15) is 0 Å². The van der Waals surface area contributed by atoms with Gasteiger partial charge in [-0.25, -0.2) is 17.8 Å². The molecule has 3 aromatic rings. The van der Waals surface area contributed by atoms with E-state index >= 15 is 0 Å². The highest BCUT2D eigenvalue weighted by atomic mass is 32.2. The SMILES string of the molecule is O=S(=O)(NCc1ccn(-c2ccccc2)n1)c1ccccc1. The van der Waals surface area contributed by atoms with Crippen molar-refractivity contribution in [3.8, 4) is 5.69 Å². The van der Waals surface area contributed by atoms with Gasteiger partial charge in [-0.1, -0.05) is 36.4 Å². The van der Waals surface area contributed by atoms with Gasteiger partial charge in [0.05, 0.1) is 22.8 Å². The number of sulfonamides is 1. The summed E-state index contributed by atoms with van der Waals surface area (Å²) < 4.78 is 28.5. The lowest BCUT2D eigenvalue weighted by atomic mass is 10.3. The highest BCUT2D eigenvalue weighted by Gasteiger charge is 2.13. The van der Waals surface area contributed by atoms with Crippen molar-refractivity contribution in [2.24, 2.45) is 0 Å². The molecule has 1 aromatic heterocycles. The zero-order valence-electron chi connectivity index (χ0n) is 11.8. The molecular weight excluding hydrogens is 298 g/mol. The molecule has 0 saturated carbocycles. The van der Waals surface area contributed by atoms with Crippen molar-refractivity contribution in [3.05, 3.63) is 78.6 Å². The van der Waals surface area contributed by atoms with Crippen LogP contribution in [0.4, 0.5) is 0 Å². The average molecular weight is 313 g/mol. The highest BCUT2D eigenvalue weighted by molar-refractivity contribution is 7.89. The summed E-state index contributed by atoms with van der Waals surface area (Å²) in [7, 11) is -3.51. The van der Waals surface area contributed by atoms with Crippen LogP contribution in [0.3, 0.4) is 0 Å². The van der Waals surface area contributed by atoms with E-state index in [9.17, 15) is 8.42 Å². The molecule has 0 aliphatic heterocycles. The van der Waals surface area contributed by atoms with E-state index in [1.807, 2.05) is 36.5 Å². The van der Waals surface area contributed by atoms with Gasteiger partial charge in [0, 0.05) is 6.20 Å². The van der Waals surface area contributed by atoms with Gasteiger partial charge in [-0.15, -0.1) is 0 Å². The van der Waals surface area contributed by atoms with Crippen LogP contribution in [0.25, 0.3) is 5.69 Å². The van der Waals surface area contributed by atoms with Crippen molar-refractivity contribution in [2.75, 3.05) is 0 Å². The smallest absolute Gasteiger partial charge is 0.240 e. The van der Waals surface area contributed by atoms with Crippen LogP contribution in [-0.4, -0.2) is 18.2 Å². The first-order valence-electron chi connectivity index (χ1n) is 6.80. The zero-order chi connectivity index (χ0) is 15.4. The molecular formula is C16H15N3O2S. The summed E-state index contributed by atoms with van der Waals surface area (Å²) in [6.45, 7) is 0.150. The molecule has 0 aliphatic rings. The van der Waals surface area contributed by atoms with Crippen molar-refractivity contribution < 1.29 is 8.42 Å². The molecule has 0 radical (unpaired) electrons. The molecule has 1 N–H and O–H groups in total. The van der Waals surface area contributed by atoms with Gasteiger partial charge in [0.15, 0.2) is 0 Å². The Bertz CT molecular complexity index is 843. The molecule has 0 atom stereocenters. The fraction of sp³-hybridized carbons (Fsp3) is 0.0625. The van der Waals surface area contributed by atoms with Crippen LogP contribution in [-0.2, 0) is 16.6 Å².